The molecular weight excluding hydrogens is 182 g/mol. The van der Waals surface area contributed by atoms with Crippen molar-refractivity contribution in [2.75, 3.05) is 13.1 Å². The molecule has 1 N–H and O–H groups in total. The summed E-state index contributed by atoms with van der Waals surface area (Å²) in [6.45, 7) is 6.60. The lowest BCUT2D eigenvalue weighted by Gasteiger charge is -1.99. The summed E-state index contributed by atoms with van der Waals surface area (Å²) in [5.41, 5.74) is 0.835. The van der Waals surface area contributed by atoms with E-state index in [0.29, 0.717) is 13.1 Å². The van der Waals surface area contributed by atoms with Crippen molar-refractivity contribution in [3.63, 3.8) is 0 Å². The minimum atomic E-state index is 0.153. The van der Waals surface area contributed by atoms with E-state index in [0.717, 1.165) is 10.4 Å². The molecule has 0 radical (unpaired) electrons. The third-order valence-electron chi connectivity index (χ3n) is 1.73. The van der Waals surface area contributed by atoms with Gasteiger partial charge in [-0.1, -0.05) is 6.08 Å². The number of carbonyl (C=O) groups is 1. The van der Waals surface area contributed by atoms with Crippen LogP contribution in [0.5, 0.6) is 0 Å². The molecule has 2 nitrogen and oxygen atoms in total. The quantitative estimate of drug-likeness (QED) is 0.442. The molecule has 0 unspecified atom stereocenters. The molecule has 0 bridgehead atoms. The van der Waals surface area contributed by atoms with Crippen LogP contribution < -0.4 is 5.32 Å². The van der Waals surface area contributed by atoms with Crippen molar-refractivity contribution in [2.45, 2.75) is 6.92 Å². The third-order valence-corrected chi connectivity index (χ3v) is 2.58. The predicted molar refractivity (Wildman–Crippen MR) is 56.5 cm³/mol. The molecule has 1 rings (SSSR count). The standard InChI is InChI=1S/C10H13NOS/c1-3-5-11-7-10(12)9-4-6-13-8(9)2/h3-4,6,11H,1,5,7H2,2H3. The molecule has 0 aliphatic rings. The summed E-state index contributed by atoms with van der Waals surface area (Å²) >= 11 is 1.60. The van der Waals surface area contributed by atoms with E-state index in [2.05, 4.69) is 11.9 Å². The van der Waals surface area contributed by atoms with E-state index < -0.39 is 0 Å². The highest BCUT2D eigenvalue weighted by Gasteiger charge is 2.08. The van der Waals surface area contributed by atoms with Gasteiger partial charge >= 0.3 is 0 Å². The smallest absolute Gasteiger partial charge is 0.177 e. The molecule has 0 amide bonds. The average molecular weight is 195 g/mol. The summed E-state index contributed by atoms with van der Waals surface area (Å²) < 4.78 is 0. The SMILES string of the molecule is C=CCNCC(=O)c1ccsc1C. The fourth-order valence-corrected chi connectivity index (χ4v) is 1.77. The van der Waals surface area contributed by atoms with Crippen molar-refractivity contribution in [2.24, 2.45) is 0 Å². The lowest BCUT2D eigenvalue weighted by atomic mass is 10.2. The molecule has 1 heterocycles. The molecule has 0 spiro atoms. The number of carbonyl (C=O) groups excluding carboxylic acids is 1. The van der Waals surface area contributed by atoms with Gasteiger partial charge < -0.3 is 5.32 Å². The van der Waals surface area contributed by atoms with E-state index in [-0.39, 0.29) is 5.78 Å². The fraction of sp³-hybridized carbons (Fsp3) is 0.300. The summed E-state index contributed by atoms with van der Waals surface area (Å²) in [5, 5.41) is 4.93. The molecule has 0 atom stereocenters. The van der Waals surface area contributed by atoms with Crippen LogP contribution in [0.3, 0.4) is 0 Å². The number of hydrogen-bond donors (Lipinski definition) is 1. The van der Waals surface area contributed by atoms with E-state index in [9.17, 15) is 4.79 Å². The first kappa shape index (κ1) is 10.2. The van der Waals surface area contributed by atoms with Gasteiger partial charge in [-0.05, 0) is 18.4 Å². The molecule has 1 aromatic heterocycles. The largest absolute Gasteiger partial charge is 0.306 e. The van der Waals surface area contributed by atoms with Crippen molar-refractivity contribution >= 4 is 17.1 Å². The zero-order valence-electron chi connectivity index (χ0n) is 7.67. The van der Waals surface area contributed by atoms with Crippen LogP contribution in [0.15, 0.2) is 24.1 Å². The van der Waals surface area contributed by atoms with Crippen LogP contribution in [0.2, 0.25) is 0 Å². The zero-order valence-corrected chi connectivity index (χ0v) is 8.49. The summed E-state index contributed by atoms with van der Waals surface area (Å²) in [4.78, 5) is 12.6. The van der Waals surface area contributed by atoms with E-state index in [4.69, 9.17) is 0 Å². The lowest BCUT2D eigenvalue weighted by Crippen LogP contribution is -2.22. The molecule has 0 aliphatic carbocycles. The Morgan fingerprint density at radius 3 is 3.08 bits per heavy atom. The van der Waals surface area contributed by atoms with Gasteiger partial charge in [0.15, 0.2) is 5.78 Å². The van der Waals surface area contributed by atoms with E-state index in [1.54, 1.807) is 17.4 Å². The second-order valence-corrected chi connectivity index (χ2v) is 3.85. The summed E-state index contributed by atoms with van der Waals surface area (Å²) in [6.07, 6.45) is 1.74. The molecule has 1 aromatic rings. The lowest BCUT2D eigenvalue weighted by molar-refractivity contribution is 0.0992. The molecule has 0 saturated heterocycles. The van der Waals surface area contributed by atoms with Gasteiger partial charge in [0.25, 0.3) is 0 Å². The normalized spacial score (nSPS) is 9.92. The maximum Gasteiger partial charge on any atom is 0.177 e. The monoisotopic (exact) mass is 195 g/mol. The van der Waals surface area contributed by atoms with Crippen LogP contribution in [0.25, 0.3) is 0 Å². The van der Waals surface area contributed by atoms with Crippen LogP contribution in [0.1, 0.15) is 15.2 Å². The molecule has 0 aliphatic heterocycles. The van der Waals surface area contributed by atoms with Crippen LogP contribution in [-0.4, -0.2) is 18.9 Å². The minimum absolute atomic E-state index is 0.153. The second-order valence-electron chi connectivity index (χ2n) is 2.73. The number of aryl methyl sites for hydroxylation is 1. The zero-order chi connectivity index (χ0) is 9.68. The van der Waals surface area contributed by atoms with Gasteiger partial charge in [-0.2, -0.15) is 0 Å². The highest BCUT2D eigenvalue weighted by molar-refractivity contribution is 7.10. The number of rotatable bonds is 5. The van der Waals surface area contributed by atoms with Gasteiger partial charge in [-0.15, -0.1) is 17.9 Å². The Kier molecular flexibility index (Phi) is 3.86. The van der Waals surface area contributed by atoms with Crippen molar-refractivity contribution in [1.29, 1.82) is 0 Å². The number of hydrogen-bond acceptors (Lipinski definition) is 3. The Labute approximate surface area is 82.3 Å². The highest BCUT2D eigenvalue weighted by Crippen LogP contribution is 2.14. The van der Waals surface area contributed by atoms with Crippen LogP contribution >= 0.6 is 11.3 Å². The maximum absolute atomic E-state index is 11.5. The van der Waals surface area contributed by atoms with Gasteiger partial charge in [0, 0.05) is 17.0 Å². The minimum Gasteiger partial charge on any atom is -0.306 e. The predicted octanol–water partition coefficient (Wildman–Crippen LogP) is 2.01. The fourth-order valence-electron chi connectivity index (χ4n) is 1.06. The molecular formula is C10H13NOS. The Balaban J connectivity index is 2.49. The van der Waals surface area contributed by atoms with Crippen molar-refractivity contribution < 1.29 is 4.79 Å². The van der Waals surface area contributed by atoms with Gasteiger partial charge in [0.2, 0.25) is 0 Å². The van der Waals surface area contributed by atoms with Gasteiger partial charge in [0.1, 0.15) is 0 Å². The highest BCUT2D eigenvalue weighted by atomic mass is 32.1. The Bertz CT molecular complexity index is 304. The van der Waals surface area contributed by atoms with E-state index >= 15 is 0 Å². The molecule has 13 heavy (non-hydrogen) atoms. The Morgan fingerprint density at radius 1 is 1.77 bits per heavy atom. The first-order valence-corrected chi connectivity index (χ1v) is 5.02. The summed E-state index contributed by atoms with van der Waals surface area (Å²) in [5.74, 6) is 0.153. The first-order chi connectivity index (χ1) is 6.25. The molecule has 3 heteroatoms. The van der Waals surface area contributed by atoms with E-state index in [1.807, 2.05) is 18.4 Å². The molecule has 0 aromatic carbocycles. The van der Waals surface area contributed by atoms with Gasteiger partial charge in [0.05, 0.1) is 6.54 Å². The maximum atomic E-state index is 11.5. The average Bonchev–Trinajstić information content (AvgIpc) is 2.52. The van der Waals surface area contributed by atoms with Gasteiger partial charge in [-0.25, -0.2) is 0 Å². The van der Waals surface area contributed by atoms with Crippen LogP contribution in [-0.2, 0) is 0 Å². The Hall–Kier alpha value is -0.930. The summed E-state index contributed by atoms with van der Waals surface area (Å²) in [6, 6.07) is 1.87. The van der Waals surface area contributed by atoms with Crippen LogP contribution in [0, 0.1) is 6.92 Å². The Morgan fingerprint density at radius 2 is 2.54 bits per heavy atom. The van der Waals surface area contributed by atoms with E-state index in [1.165, 1.54) is 0 Å². The molecule has 0 fully saturated rings. The second kappa shape index (κ2) is 4.94. The molecule has 70 valence electrons. The number of Topliss-reactive ketones (excluding diaryl/α,β-unsaturated/α-hetero) is 1. The summed E-state index contributed by atoms with van der Waals surface area (Å²) in [7, 11) is 0. The number of nitrogens with one attached hydrogen (secondary N) is 1. The van der Waals surface area contributed by atoms with Gasteiger partial charge in [-0.3, -0.25) is 4.79 Å². The molecule has 0 saturated carbocycles. The van der Waals surface area contributed by atoms with Crippen molar-refractivity contribution in [1.82, 2.24) is 5.32 Å². The topological polar surface area (TPSA) is 29.1 Å². The van der Waals surface area contributed by atoms with Crippen molar-refractivity contribution in [3.8, 4) is 0 Å². The van der Waals surface area contributed by atoms with Crippen LogP contribution in [0.4, 0.5) is 0 Å². The number of thiophene rings is 1. The number of ketones is 1. The van der Waals surface area contributed by atoms with Crippen molar-refractivity contribution in [3.05, 3.63) is 34.5 Å². The third kappa shape index (κ3) is 2.79. The first-order valence-electron chi connectivity index (χ1n) is 4.14.